The van der Waals surface area contributed by atoms with Crippen molar-refractivity contribution in [1.82, 2.24) is 0 Å². The van der Waals surface area contributed by atoms with Gasteiger partial charge >= 0.3 is 0 Å². The van der Waals surface area contributed by atoms with E-state index in [1.54, 1.807) is 12.1 Å². The zero-order valence-electron chi connectivity index (χ0n) is 18.7. The molecule has 0 saturated heterocycles. The molecule has 1 aromatic carbocycles. The lowest BCUT2D eigenvalue weighted by Crippen LogP contribution is -2.63. The van der Waals surface area contributed by atoms with Gasteiger partial charge in [0.05, 0.1) is 11.1 Å². The third kappa shape index (κ3) is 3.61. The maximum absolute atomic E-state index is 13.5. The molecule has 1 unspecified atom stereocenters. The summed E-state index contributed by atoms with van der Waals surface area (Å²) in [4.78, 5) is 25.3. The van der Waals surface area contributed by atoms with E-state index in [-0.39, 0.29) is 36.1 Å². The Balaban J connectivity index is 1.83. The fourth-order valence-corrected chi connectivity index (χ4v) is 5.79. The van der Waals surface area contributed by atoms with Gasteiger partial charge in [-0.3, -0.25) is 9.59 Å². The van der Waals surface area contributed by atoms with Crippen molar-refractivity contribution in [2.45, 2.75) is 57.2 Å². The van der Waals surface area contributed by atoms with Crippen LogP contribution in [-0.4, -0.2) is 48.9 Å². The molecule has 9 heteroatoms. The van der Waals surface area contributed by atoms with Gasteiger partial charge in [-0.15, -0.1) is 0 Å². The number of carbonyl (C=O) groups is 2. The Kier molecular flexibility index (Phi) is 6.27. The predicted octanol–water partition coefficient (Wildman–Crippen LogP) is 2.99. The van der Waals surface area contributed by atoms with Crippen LogP contribution in [0.1, 0.15) is 55.7 Å². The van der Waals surface area contributed by atoms with Crippen LogP contribution in [0.4, 0.5) is 0 Å². The topological polar surface area (TPSA) is 161 Å². The summed E-state index contributed by atoms with van der Waals surface area (Å²) in [6.07, 6.45) is 2.52. The average Bonchev–Trinajstić information content (AvgIpc) is 2.76. The summed E-state index contributed by atoms with van der Waals surface area (Å²) in [5, 5.41) is 54.6. The number of primary amides is 1. The number of hydrogen-bond acceptors (Lipinski definition) is 7. The smallest absolute Gasteiger partial charge is 0.250 e. The van der Waals surface area contributed by atoms with Gasteiger partial charge in [0.1, 0.15) is 23.4 Å². The van der Waals surface area contributed by atoms with Crippen LogP contribution in [0.15, 0.2) is 34.1 Å². The molecular formula is C25H28ClNO7. The molecule has 3 aliphatic rings. The highest BCUT2D eigenvalue weighted by Crippen LogP contribution is 2.52. The lowest BCUT2D eigenvalue weighted by atomic mass is 9.58. The third-order valence-corrected chi connectivity index (χ3v) is 7.56. The van der Waals surface area contributed by atoms with Crippen LogP contribution in [0.2, 0.25) is 0 Å². The first-order valence-electron chi connectivity index (χ1n) is 11.3. The van der Waals surface area contributed by atoms with Gasteiger partial charge < -0.3 is 31.3 Å². The normalized spacial score (nSPS) is 29.0. The summed E-state index contributed by atoms with van der Waals surface area (Å²) in [5.41, 5.74) is 3.48. The molecule has 0 bridgehead atoms. The Labute approximate surface area is 201 Å². The van der Waals surface area contributed by atoms with Gasteiger partial charge in [0, 0.05) is 22.9 Å². The summed E-state index contributed by atoms with van der Waals surface area (Å²) in [6.45, 7) is 2.06. The van der Waals surface area contributed by atoms with Crippen LogP contribution in [0.5, 0.6) is 5.75 Å². The summed E-state index contributed by atoms with van der Waals surface area (Å²) in [6, 6.07) is 3.10. The number of rotatable bonds is 5. The molecule has 1 saturated carbocycles. The van der Waals surface area contributed by atoms with E-state index in [0.717, 1.165) is 12.8 Å². The zero-order valence-corrected chi connectivity index (χ0v) is 19.5. The minimum Gasteiger partial charge on any atom is -0.512 e. The largest absolute Gasteiger partial charge is 0.512 e. The number of aromatic hydroxyl groups is 1. The SMILES string of the molecule is CCCC/C(Cl)=C/c1ccc(O)c2c1C[C@H]1C[C@H]3CC(O)=C(C(N)=O)C(O)[C@@]3(O)C(=O)C1=C2O. The molecule has 0 aromatic heterocycles. The Morgan fingerprint density at radius 2 is 1.97 bits per heavy atom. The number of aliphatic hydroxyl groups is 4. The molecule has 1 aromatic rings. The third-order valence-electron chi connectivity index (χ3n) is 7.27. The van der Waals surface area contributed by atoms with E-state index in [2.05, 4.69) is 6.92 Å². The molecule has 182 valence electrons. The standard InChI is InChI=1S/C25H28ClNO7/c1-2-3-4-14(26)8-11-5-6-16(28)19-15(11)9-12-7-13-10-17(29)20(24(27)33)23(32)25(13,34)22(31)18(12)21(19)30/h5-6,8,12-13,23,28-30,32,34H,2-4,7,9-10H2,1H3,(H2,27,33)/b14-8-/t12-,13+,23?,25+/m1/s1. The van der Waals surface area contributed by atoms with E-state index in [1.165, 1.54) is 6.07 Å². The van der Waals surface area contributed by atoms with Gasteiger partial charge in [-0.2, -0.15) is 0 Å². The predicted molar refractivity (Wildman–Crippen MR) is 126 cm³/mol. The fourth-order valence-electron chi connectivity index (χ4n) is 5.54. The number of allylic oxidation sites excluding steroid dienone is 2. The summed E-state index contributed by atoms with van der Waals surface area (Å²) < 4.78 is 0. The number of Topliss-reactive ketones (excluding diaryl/α,β-unsaturated/α-hetero) is 1. The molecule has 0 radical (unpaired) electrons. The Hall–Kier alpha value is -2.81. The van der Waals surface area contributed by atoms with Gasteiger partial charge in [-0.1, -0.05) is 31.0 Å². The van der Waals surface area contributed by atoms with Crippen molar-refractivity contribution in [2.75, 3.05) is 0 Å². The number of halogens is 1. The number of ketones is 1. The van der Waals surface area contributed by atoms with Crippen molar-refractivity contribution in [3.8, 4) is 5.75 Å². The Bertz CT molecular complexity index is 1170. The van der Waals surface area contributed by atoms with Crippen molar-refractivity contribution in [3.05, 3.63) is 50.8 Å². The van der Waals surface area contributed by atoms with Gasteiger partial charge in [0.2, 0.25) is 0 Å². The maximum Gasteiger partial charge on any atom is 0.250 e. The summed E-state index contributed by atoms with van der Waals surface area (Å²) in [5.74, 6) is -4.70. The van der Waals surface area contributed by atoms with Crippen molar-refractivity contribution < 1.29 is 35.1 Å². The number of hydrogen-bond donors (Lipinski definition) is 6. The maximum atomic E-state index is 13.5. The summed E-state index contributed by atoms with van der Waals surface area (Å²) in [7, 11) is 0. The van der Waals surface area contributed by atoms with Gasteiger partial charge in [-0.25, -0.2) is 0 Å². The van der Waals surface area contributed by atoms with E-state index in [9.17, 15) is 35.1 Å². The molecule has 4 atom stereocenters. The number of aliphatic hydroxyl groups excluding tert-OH is 3. The Morgan fingerprint density at radius 1 is 1.26 bits per heavy atom. The quantitative estimate of drug-likeness (QED) is 0.370. The molecule has 3 aliphatic carbocycles. The molecular weight excluding hydrogens is 462 g/mol. The molecule has 7 N–H and O–H groups in total. The highest BCUT2D eigenvalue weighted by atomic mass is 35.5. The van der Waals surface area contributed by atoms with Crippen LogP contribution in [0, 0.1) is 11.8 Å². The van der Waals surface area contributed by atoms with Crippen LogP contribution in [-0.2, 0) is 16.0 Å². The van der Waals surface area contributed by atoms with Crippen molar-refractivity contribution in [2.24, 2.45) is 17.6 Å². The fraction of sp³-hybridized carbons (Fsp3) is 0.440. The molecule has 4 rings (SSSR count). The van der Waals surface area contributed by atoms with Crippen LogP contribution < -0.4 is 5.73 Å². The number of unbranched alkanes of at least 4 members (excludes halogenated alkanes) is 1. The number of carbonyl (C=O) groups excluding carboxylic acids is 2. The number of nitrogens with two attached hydrogens (primary N) is 1. The molecule has 8 nitrogen and oxygen atoms in total. The second-order valence-electron chi connectivity index (χ2n) is 9.30. The van der Waals surface area contributed by atoms with Crippen molar-refractivity contribution in [1.29, 1.82) is 0 Å². The number of amides is 1. The number of phenolic OH excluding ortho intramolecular Hbond substituents is 1. The molecule has 0 aliphatic heterocycles. The molecule has 34 heavy (non-hydrogen) atoms. The first-order chi connectivity index (χ1) is 16.0. The number of phenols is 1. The van der Waals surface area contributed by atoms with Gasteiger partial charge in [0.15, 0.2) is 11.4 Å². The second kappa shape index (κ2) is 8.76. The summed E-state index contributed by atoms with van der Waals surface area (Å²) >= 11 is 6.39. The molecule has 1 amide bonds. The minimum absolute atomic E-state index is 0.0779. The van der Waals surface area contributed by atoms with E-state index in [1.807, 2.05) is 0 Å². The lowest BCUT2D eigenvalue weighted by Gasteiger charge is -2.49. The zero-order chi connectivity index (χ0) is 24.9. The van der Waals surface area contributed by atoms with E-state index in [4.69, 9.17) is 17.3 Å². The van der Waals surface area contributed by atoms with Gasteiger partial charge in [0.25, 0.3) is 5.91 Å². The average molecular weight is 490 g/mol. The van der Waals surface area contributed by atoms with Gasteiger partial charge in [-0.05, 0) is 54.9 Å². The van der Waals surface area contributed by atoms with E-state index < -0.39 is 52.3 Å². The molecule has 0 spiro atoms. The second-order valence-corrected chi connectivity index (χ2v) is 9.79. The van der Waals surface area contributed by atoms with E-state index >= 15 is 0 Å². The lowest BCUT2D eigenvalue weighted by molar-refractivity contribution is -0.164. The highest BCUT2D eigenvalue weighted by Gasteiger charge is 2.61. The van der Waals surface area contributed by atoms with E-state index in [0.29, 0.717) is 22.6 Å². The first kappa shape index (κ1) is 24.3. The number of fused-ring (bicyclic) bond motifs is 3. The minimum atomic E-state index is -2.44. The van der Waals surface area contributed by atoms with Crippen LogP contribution >= 0.6 is 11.6 Å². The first-order valence-corrected chi connectivity index (χ1v) is 11.7. The molecule has 1 fully saturated rings. The number of benzene rings is 1. The highest BCUT2D eigenvalue weighted by molar-refractivity contribution is 6.31. The monoisotopic (exact) mass is 489 g/mol. The molecule has 0 heterocycles. The van der Waals surface area contributed by atoms with Crippen molar-refractivity contribution >= 4 is 35.1 Å². The van der Waals surface area contributed by atoms with Crippen molar-refractivity contribution in [3.63, 3.8) is 0 Å². The van der Waals surface area contributed by atoms with Crippen LogP contribution in [0.25, 0.3) is 11.8 Å². The Morgan fingerprint density at radius 3 is 2.62 bits per heavy atom. The van der Waals surface area contributed by atoms with Crippen LogP contribution in [0.3, 0.4) is 0 Å².